The topological polar surface area (TPSA) is 49.6 Å². The van der Waals surface area contributed by atoms with Gasteiger partial charge in [0.25, 0.3) is 0 Å². The van der Waals surface area contributed by atoms with Gasteiger partial charge in [0.1, 0.15) is 0 Å². The maximum atomic E-state index is 12.1. The first-order valence-electron chi connectivity index (χ1n) is 6.78. The highest BCUT2D eigenvalue weighted by atomic mass is 16.2. The van der Waals surface area contributed by atoms with E-state index in [4.69, 9.17) is 5.73 Å². The van der Waals surface area contributed by atoms with Gasteiger partial charge in [0.2, 0.25) is 5.91 Å². The molecule has 0 aromatic rings. The molecule has 0 bridgehead atoms. The lowest BCUT2D eigenvalue weighted by atomic mass is 10.0. The van der Waals surface area contributed by atoms with Crippen molar-refractivity contribution >= 4 is 5.91 Å². The molecule has 1 aliphatic carbocycles. The first-order valence-corrected chi connectivity index (χ1v) is 6.78. The molecular formula is C13H25N3O. The van der Waals surface area contributed by atoms with E-state index in [1.165, 1.54) is 12.8 Å². The number of hydrogen-bond donors (Lipinski definition) is 1. The van der Waals surface area contributed by atoms with E-state index >= 15 is 0 Å². The quantitative estimate of drug-likeness (QED) is 0.784. The van der Waals surface area contributed by atoms with E-state index in [9.17, 15) is 4.79 Å². The standard InChI is InChI=1S/C13H25N3O/c1-15(2)11-5-7-16(8-6-11)13(17)12(14)9-10-3-4-10/h10-12H,3-9,14H2,1-2H3. The van der Waals surface area contributed by atoms with E-state index in [-0.39, 0.29) is 11.9 Å². The van der Waals surface area contributed by atoms with Crippen molar-refractivity contribution in [2.45, 2.75) is 44.2 Å². The lowest BCUT2D eigenvalue weighted by Crippen LogP contribution is -2.50. The molecule has 1 unspecified atom stereocenters. The summed E-state index contributed by atoms with van der Waals surface area (Å²) in [5.74, 6) is 0.905. The molecule has 4 heteroatoms. The highest BCUT2D eigenvalue weighted by molar-refractivity contribution is 5.81. The molecular weight excluding hydrogens is 214 g/mol. The van der Waals surface area contributed by atoms with Crippen molar-refractivity contribution < 1.29 is 4.79 Å². The first kappa shape index (κ1) is 12.8. The molecule has 0 spiro atoms. The van der Waals surface area contributed by atoms with Gasteiger partial charge in [0.05, 0.1) is 6.04 Å². The van der Waals surface area contributed by atoms with Crippen molar-refractivity contribution in [3.63, 3.8) is 0 Å². The zero-order valence-electron chi connectivity index (χ0n) is 11.1. The zero-order valence-corrected chi connectivity index (χ0v) is 11.1. The third kappa shape index (κ3) is 3.42. The monoisotopic (exact) mass is 239 g/mol. The minimum atomic E-state index is -0.251. The van der Waals surface area contributed by atoms with E-state index in [2.05, 4.69) is 19.0 Å². The van der Waals surface area contributed by atoms with Crippen LogP contribution in [0.4, 0.5) is 0 Å². The Balaban J connectivity index is 1.76. The van der Waals surface area contributed by atoms with Crippen molar-refractivity contribution in [3.8, 4) is 0 Å². The van der Waals surface area contributed by atoms with Crippen LogP contribution in [0.1, 0.15) is 32.1 Å². The summed E-state index contributed by atoms with van der Waals surface area (Å²) in [5, 5.41) is 0. The second-order valence-corrected chi connectivity index (χ2v) is 5.81. The van der Waals surface area contributed by atoms with Gasteiger partial charge in [-0.3, -0.25) is 4.79 Å². The predicted molar refractivity (Wildman–Crippen MR) is 68.6 cm³/mol. The Labute approximate surface area is 104 Å². The maximum absolute atomic E-state index is 12.1. The van der Waals surface area contributed by atoms with Gasteiger partial charge in [-0.05, 0) is 39.3 Å². The number of hydrogen-bond acceptors (Lipinski definition) is 3. The van der Waals surface area contributed by atoms with Crippen LogP contribution in [0.2, 0.25) is 0 Å². The molecule has 1 aliphatic heterocycles. The Hall–Kier alpha value is -0.610. The van der Waals surface area contributed by atoms with Gasteiger partial charge in [0, 0.05) is 19.1 Å². The average molecular weight is 239 g/mol. The fraction of sp³-hybridized carbons (Fsp3) is 0.923. The molecule has 17 heavy (non-hydrogen) atoms. The molecule has 0 radical (unpaired) electrons. The van der Waals surface area contributed by atoms with Gasteiger partial charge in [-0.15, -0.1) is 0 Å². The fourth-order valence-corrected chi connectivity index (χ4v) is 2.65. The second kappa shape index (κ2) is 5.36. The van der Waals surface area contributed by atoms with Gasteiger partial charge in [-0.1, -0.05) is 12.8 Å². The zero-order chi connectivity index (χ0) is 12.4. The molecule has 2 N–H and O–H groups in total. The molecule has 1 saturated heterocycles. The lowest BCUT2D eigenvalue weighted by Gasteiger charge is -2.36. The van der Waals surface area contributed by atoms with Crippen LogP contribution in [0.3, 0.4) is 0 Å². The van der Waals surface area contributed by atoms with Gasteiger partial charge in [-0.2, -0.15) is 0 Å². The van der Waals surface area contributed by atoms with Crippen LogP contribution in [0, 0.1) is 5.92 Å². The van der Waals surface area contributed by atoms with Crippen LogP contribution in [0.5, 0.6) is 0 Å². The normalized spacial score (nSPS) is 24.1. The Morgan fingerprint density at radius 1 is 1.29 bits per heavy atom. The minimum absolute atomic E-state index is 0.175. The Kier molecular flexibility index (Phi) is 4.05. The molecule has 98 valence electrons. The van der Waals surface area contributed by atoms with E-state index in [1.807, 2.05) is 4.90 Å². The van der Waals surface area contributed by atoms with Gasteiger partial charge in [-0.25, -0.2) is 0 Å². The van der Waals surface area contributed by atoms with E-state index in [0.29, 0.717) is 6.04 Å². The Bertz CT molecular complexity index is 268. The number of nitrogens with zero attached hydrogens (tertiary/aromatic N) is 2. The van der Waals surface area contributed by atoms with Crippen LogP contribution >= 0.6 is 0 Å². The Morgan fingerprint density at radius 2 is 1.88 bits per heavy atom. The Morgan fingerprint density at radius 3 is 2.35 bits per heavy atom. The minimum Gasteiger partial charge on any atom is -0.341 e. The number of amides is 1. The van der Waals surface area contributed by atoms with Crippen molar-refractivity contribution in [1.82, 2.24) is 9.80 Å². The molecule has 0 aromatic heterocycles. The molecule has 1 heterocycles. The van der Waals surface area contributed by atoms with Crippen LogP contribution in [-0.4, -0.2) is 55.0 Å². The van der Waals surface area contributed by atoms with Gasteiger partial charge < -0.3 is 15.5 Å². The van der Waals surface area contributed by atoms with E-state index in [0.717, 1.165) is 38.3 Å². The van der Waals surface area contributed by atoms with Crippen LogP contribution in [-0.2, 0) is 4.79 Å². The summed E-state index contributed by atoms with van der Waals surface area (Å²) in [7, 11) is 4.22. The van der Waals surface area contributed by atoms with E-state index in [1.54, 1.807) is 0 Å². The van der Waals surface area contributed by atoms with Gasteiger partial charge in [0.15, 0.2) is 0 Å². The summed E-state index contributed by atoms with van der Waals surface area (Å²) >= 11 is 0. The number of carbonyl (C=O) groups excluding carboxylic acids is 1. The molecule has 2 fully saturated rings. The first-order chi connectivity index (χ1) is 8.08. The highest BCUT2D eigenvalue weighted by Crippen LogP contribution is 2.33. The summed E-state index contributed by atoms with van der Waals surface area (Å²) in [4.78, 5) is 16.3. The SMILES string of the molecule is CN(C)C1CCN(C(=O)C(N)CC2CC2)CC1. The molecule has 1 atom stereocenters. The summed E-state index contributed by atoms with van der Waals surface area (Å²) in [5.41, 5.74) is 5.98. The van der Waals surface area contributed by atoms with Crippen LogP contribution < -0.4 is 5.73 Å². The molecule has 2 rings (SSSR count). The van der Waals surface area contributed by atoms with Crippen molar-refractivity contribution in [2.24, 2.45) is 11.7 Å². The second-order valence-electron chi connectivity index (χ2n) is 5.81. The van der Waals surface area contributed by atoms with Crippen molar-refractivity contribution in [1.29, 1.82) is 0 Å². The van der Waals surface area contributed by atoms with E-state index < -0.39 is 0 Å². The number of rotatable bonds is 4. The number of piperidine rings is 1. The largest absolute Gasteiger partial charge is 0.341 e. The third-order valence-electron chi connectivity index (χ3n) is 4.11. The summed E-state index contributed by atoms with van der Waals surface area (Å²) in [6.07, 6.45) is 5.59. The van der Waals surface area contributed by atoms with Crippen molar-refractivity contribution in [3.05, 3.63) is 0 Å². The number of carbonyl (C=O) groups is 1. The maximum Gasteiger partial charge on any atom is 0.239 e. The average Bonchev–Trinajstić information content (AvgIpc) is 3.12. The summed E-state index contributed by atoms with van der Waals surface area (Å²) < 4.78 is 0. The highest BCUT2D eigenvalue weighted by Gasteiger charge is 2.31. The van der Waals surface area contributed by atoms with Crippen molar-refractivity contribution in [2.75, 3.05) is 27.2 Å². The molecule has 0 aromatic carbocycles. The van der Waals surface area contributed by atoms with Crippen LogP contribution in [0.25, 0.3) is 0 Å². The third-order valence-corrected chi connectivity index (χ3v) is 4.11. The smallest absolute Gasteiger partial charge is 0.239 e. The van der Waals surface area contributed by atoms with Crippen LogP contribution in [0.15, 0.2) is 0 Å². The number of likely N-dealkylation sites (tertiary alicyclic amines) is 1. The fourth-order valence-electron chi connectivity index (χ4n) is 2.65. The molecule has 2 aliphatic rings. The molecule has 1 amide bonds. The molecule has 1 saturated carbocycles. The summed E-state index contributed by atoms with van der Waals surface area (Å²) in [6, 6.07) is 0.372. The number of nitrogens with two attached hydrogens (primary N) is 1. The lowest BCUT2D eigenvalue weighted by molar-refractivity contribution is -0.134. The summed E-state index contributed by atoms with van der Waals surface area (Å²) in [6.45, 7) is 1.75. The predicted octanol–water partition coefficient (Wildman–Crippen LogP) is 0.666. The van der Waals surface area contributed by atoms with Gasteiger partial charge >= 0.3 is 0 Å². The molecule has 4 nitrogen and oxygen atoms in total.